The number of thioether (sulfide) groups is 1. The van der Waals surface area contributed by atoms with Gasteiger partial charge in [-0.1, -0.05) is 24.6 Å². The molecule has 0 spiro atoms. The molecule has 0 aliphatic heterocycles. The van der Waals surface area contributed by atoms with Crippen LogP contribution in [0.1, 0.15) is 37.8 Å². The molecule has 94 valence electrons. The third-order valence-corrected chi connectivity index (χ3v) is 4.79. The van der Waals surface area contributed by atoms with E-state index in [1.807, 2.05) is 30.0 Å². The highest BCUT2D eigenvalue weighted by molar-refractivity contribution is 7.99. The summed E-state index contributed by atoms with van der Waals surface area (Å²) in [6, 6.07) is 8.40. The lowest BCUT2D eigenvalue weighted by atomic mass is 10.1. The van der Waals surface area contributed by atoms with Gasteiger partial charge in [0.25, 0.3) is 0 Å². The van der Waals surface area contributed by atoms with Crippen LogP contribution in [0.5, 0.6) is 5.75 Å². The van der Waals surface area contributed by atoms with Gasteiger partial charge in [-0.2, -0.15) is 11.8 Å². The molecule has 0 amide bonds. The summed E-state index contributed by atoms with van der Waals surface area (Å²) < 4.78 is 0. The molecule has 0 radical (unpaired) electrons. The van der Waals surface area contributed by atoms with Gasteiger partial charge < -0.3 is 10.4 Å². The molecule has 0 saturated heterocycles. The lowest BCUT2D eigenvalue weighted by molar-refractivity contribution is 0.429. The van der Waals surface area contributed by atoms with Crippen LogP contribution in [0.25, 0.3) is 0 Å². The molecule has 0 aromatic heterocycles. The monoisotopic (exact) mass is 251 g/mol. The molecule has 2 nitrogen and oxygen atoms in total. The Balaban J connectivity index is 2.01. The maximum absolute atomic E-state index is 9.83. The van der Waals surface area contributed by atoms with Crippen molar-refractivity contribution in [2.24, 2.45) is 0 Å². The van der Waals surface area contributed by atoms with Crippen molar-refractivity contribution in [1.82, 2.24) is 5.32 Å². The molecular weight excluding hydrogens is 230 g/mol. The first-order chi connectivity index (χ1) is 8.22. The van der Waals surface area contributed by atoms with E-state index in [0.717, 1.165) is 10.8 Å². The normalized spacial score (nSPS) is 26.0. The Kier molecular flexibility index (Phi) is 4.35. The van der Waals surface area contributed by atoms with Crippen LogP contribution >= 0.6 is 11.8 Å². The Morgan fingerprint density at radius 1 is 1.35 bits per heavy atom. The van der Waals surface area contributed by atoms with Gasteiger partial charge in [-0.25, -0.2) is 0 Å². The first-order valence-electron chi connectivity index (χ1n) is 6.29. The quantitative estimate of drug-likeness (QED) is 0.861. The highest BCUT2D eigenvalue weighted by atomic mass is 32.2. The first-order valence-corrected chi connectivity index (χ1v) is 7.58. The second kappa shape index (κ2) is 5.78. The maximum atomic E-state index is 9.83. The number of phenols is 1. The van der Waals surface area contributed by atoms with Crippen molar-refractivity contribution in [1.29, 1.82) is 0 Å². The molecule has 3 heteroatoms. The van der Waals surface area contributed by atoms with Crippen LogP contribution in [0.4, 0.5) is 0 Å². The largest absolute Gasteiger partial charge is 0.508 e. The molecule has 17 heavy (non-hydrogen) atoms. The van der Waals surface area contributed by atoms with Gasteiger partial charge in [0, 0.05) is 22.9 Å². The number of phenolic OH excluding ortho intramolecular Hbond substituents is 1. The van der Waals surface area contributed by atoms with Gasteiger partial charge in [0.15, 0.2) is 0 Å². The maximum Gasteiger partial charge on any atom is 0.120 e. The summed E-state index contributed by atoms with van der Waals surface area (Å²) in [5.74, 6) is 0.395. The van der Waals surface area contributed by atoms with Gasteiger partial charge in [0.1, 0.15) is 5.75 Å². The number of hydrogen-bond acceptors (Lipinski definition) is 3. The summed E-state index contributed by atoms with van der Waals surface area (Å²) in [5, 5.41) is 14.2. The zero-order valence-corrected chi connectivity index (χ0v) is 11.3. The summed E-state index contributed by atoms with van der Waals surface area (Å²) in [5.41, 5.74) is 0.999. The van der Waals surface area contributed by atoms with E-state index in [0.29, 0.717) is 11.8 Å². The van der Waals surface area contributed by atoms with Crippen molar-refractivity contribution < 1.29 is 5.11 Å². The molecule has 1 fully saturated rings. The Hall–Kier alpha value is -0.670. The Labute approximate surface area is 108 Å². The summed E-state index contributed by atoms with van der Waals surface area (Å²) in [4.78, 5) is 0. The molecular formula is C14H21NOS. The summed E-state index contributed by atoms with van der Waals surface area (Å²) >= 11 is 1.96. The topological polar surface area (TPSA) is 32.3 Å². The molecule has 1 saturated carbocycles. The van der Waals surface area contributed by atoms with E-state index in [4.69, 9.17) is 0 Å². The number of para-hydroxylation sites is 1. The van der Waals surface area contributed by atoms with Crippen molar-refractivity contribution in [2.75, 3.05) is 6.26 Å². The molecule has 1 aliphatic carbocycles. The van der Waals surface area contributed by atoms with Crippen LogP contribution in [0.3, 0.4) is 0 Å². The van der Waals surface area contributed by atoms with Crippen LogP contribution < -0.4 is 5.32 Å². The molecule has 0 bridgehead atoms. The minimum atomic E-state index is 0.217. The highest BCUT2D eigenvalue weighted by Crippen LogP contribution is 2.31. The summed E-state index contributed by atoms with van der Waals surface area (Å²) in [6.07, 6.45) is 6.07. The fraction of sp³-hybridized carbons (Fsp3) is 0.571. The summed E-state index contributed by atoms with van der Waals surface area (Å²) in [6.45, 7) is 2.13. The fourth-order valence-electron chi connectivity index (χ4n) is 2.66. The zero-order chi connectivity index (χ0) is 12.3. The van der Waals surface area contributed by atoms with E-state index >= 15 is 0 Å². The molecule has 2 N–H and O–H groups in total. The van der Waals surface area contributed by atoms with Crippen molar-refractivity contribution in [3.63, 3.8) is 0 Å². The molecule has 1 aromatic rings. The highest BCUT2D eigenvalue weighted by Gasteiger charge is 2.27. The Morgan fingerprint density at radius 3 is 2.82 bits per heavy atom. The third-order valence-electron chi connectivity index (χ3n) is 3.62. The average molecular weight is 251 g/mol. The van der Waals surface area contributed by atoms with E-state index in [-0.39, 0.29) is 6.04 Å². The predicted molar refractivity (Wildman–Crippen MR) is 74.6 cm³/mol. The van der Waals surface area contributed by atoms with E-state index in [2.05, 4.69) is 18.5 Å². The van der Waals surface area contributed by atoms with E-state index in [9.17, 15) is 5.11 Å². The first kappa shape index (κ1) is 12.8. The number of nitrogens with one attached hydrogen (secondary N) is 1. The van der Waals surface area contributed by atoms with Crippen LogP contribution in [-0.4, -0.2) is 22.7 Å². The number of rotatable bonds is 4. The van der Waals surface area contributed by atoms with Gasteiger partial charge >= 0.3 is 0 Å². The lowest BCUT2D eigenvalue weighted by Gasteiger charge is -2.24. The molecule has 2 rings (SSSR count). The Bertz CT molecular complexity index is 369. The minimum Gasteiger partial charge on any atom is -0.508 e. The summed E-state index contributed by atoms with van der Waals surface area (Å²) in [7, 11) is 0. The molecule has 0 heterocycles. The fourth-order valence-corrected chi connectivity index (χ4v) is 3.61. The van der Waals surface area contributed by atoms with Crippen LogP contribution in [0.15, 0.2) is 24.3 Å². The van der Waals surface area contributed by atoms with Gasteiger partial charge in [0.05, 0.1) is 0 Å². The van der Waals surface area contributed by atoms with Crippen LogP contribution in [-0.2, 0) is 0 Å². The molecule has 1 aliphatic rings. The van der Waals surface area contributed by atoms with Gasteiger partial charge in [0.2, 0.25) is 0 Å². The van der Waals surface area contributed by atoms with E-state index in [1.165, 1.54) is 19.3 Å². The van der Waals surface area contributed by atoms with Gasteiger partial charge in [-0.15, -0.1) is 0 Å². The SMILES string of the molecule is CSC1CCCC1NC(C)c1ccccc1O. The second-order valence-corrected chi connectivity index (χ2v) is 5.84. The van der Waals surface area contributed by atoms with E-state index in [1.54, 1.807) is 6.07 Å². The molecule has 3 atom stereocenters. The van der Waals surface area contributed by atoms with Crippen molar-refractivity contribution in [3.8, 4) is 5.75 Å². The van der Waals surface area contributed by atoms with Gasteiger partial charge in [-0.05, 0) is 32.1 Å². The lowest BCUT2D eigenvalue weighted by Crippen LogP contribution is -2.35. The molecule has 3 unspecified atom stereocenters. The van der Waals surface area contributed by atoms with Crippen LogP contribution in [0, 0.1) is 0 Å². The Morgan fingerprint density at radius 2 is 2.12 bits per heavy atom. The van der Waals surface area contributed by atoms with Gasteiger partial charge in [-0.3, -0.25) is 0 Å². The standard InChI is InChI=1S/C14H21NOS/c1-10(11-6-3-4-8-13(11)16)15-12-7-5-9-14(12)17-2/h3-4,6,8,10,12,14-16H,5,7,9H2,1-2H3. The van der Waals surface area contributed by atoms with Crippen LogP contribution in [0.2, 0.25) is 0 Å². The van der Waals surface area contributed by atoms with Crippen molar-refractivity contribution >= 4 is 11.8 Å². The minimum absolute atomic E-state index is 0.217. The average Bonchev–Trinajstić information content (AvgIpc) is 2.76. The zero-order valence-electron chi connectivity index (χ0n) is 10.5. The predicted octanol–water partition coefficient (Wildman–Crippen LogP) is 3.33. The smallest absolute Gasteiger partial charge is 0.120 e. The number of benzene rings is 1. The molecule has 1 aromatic carbocycles. The number of aromatic hydroxyl groups is 1. The second-order valence-electron chi connectivity index (χ2n) is 4.76. The van der Waals surface area contributed by atoms with Crippen molar-refractivity contribution in [2.45, 2.75) is 43.5 Å². The van der Waals surface area contributed by atoms with Crippen molar-refractivity contribution in [3.05, 3.63) is 29.8 Å². The number of hydrogen-bond donors (Lipinski definition) is 2. The third kappa shape index (κ3) is 2.96. The van der Waals surface area contributed by atoms with E-state index < -0.39 is 0 Å².